The van der Waals surface area contributed by atoms with Crippen LogP contribution in [0, 0.1) is 0 Å². The average Bonchev–Trinajstić information content (AvgIpc) is 3.06. The fourth-order valence-electron chi connectivity index (χ4n) is 3.89. The Hall–Kier alpha value is -1.82. The van der Waals surface area contributed by atoms with Gasteiger partial charge in [-0.1, -0.05) is 6.07 Å². The SMILES string of the molecule is c1ccc(CN2CC[C@H]3O[C@H](COCc4ccncc4)CC[C@H]32)nc1. The Balaban J connectivity index is 1.24. The second-order valence-corrected chi connectivity index (χ2v) is 6.89. The van der Waals surface area contributed by atoms with Gasteiger partial charge in [-0.15, -0.1) is 0 Å². The van der Waals surface area contributed by atoms with Gasteiger partial charge in [-0.3, -0.25) is 14.9 Å². The summed E-state index contributed by atoms with van der Waals surface area (Å²) in [5, 5.41) is 0. The lowest BCUT2D eigenvalue weighted by Gasteiger charge is -2.35. The van der Waals surface area contributed by atoms with E-state index < -0.39 is 0 Å². The first-order chi connectivity index (χ1) is 12.4. The van der Waals surface area contributed by atoms with E-state index in [1.54, 1.807) is 12.4 Å². The molecule has 0 aromatic carbocycles. The molecule has 4 rings (SSSR count). The first-order valence-electron chi connectivity index (χ1n) is 9.14. The van der Waals surface area contributed by atoms with Crippen molar-refractivity contribution in [3.05, 3.63) is 60.2 Å². The van der Waals surface area contributed by atoms with Crippen molar-refractivity contribution in [1.82, 2.24) is 14.9 Å². The summed E-state index contributed by atoms with van der Waals surface area (Å²) in [5.74, 6) is 0. The van der Waals surface area contributed by atoms with Crippen molar-refractivity contribution in [2.45, 2.75) is 50.7 Å². The van der Waals surface area contributed by atoms with Crippen molar-refractivity contribution in [3.63, 3.8) is 0 Å². The molecule has 2 fully saturated rings. The van der Waals surface area contributed by atoms with Crippen LogP contribution in [0.5, 0.6) is 0 Å². The Morgan fingerprint density at radius 2 is 2.00 bits per heavy atom. The third kappa shape index (κ3) is 4.24. The first kappa shape index (κ1) is 16.6. The van der Waals surface area contributed by atoms with E-state index in [2.05, 4.69) is 27.0 Å². The molecule has 0 unspecified atom stereocenters. The van der Waals surface area contributed by atoms with Crippen LogP contribution in [0.4, 0.5) is 0 Å². The van der Waals surface area contributed by atoms with Crippen molar-refractivity contribution in [1.29, 1.82) is 0 Å². The molecule has 3 atom stereocenters. The smallest absolute Gasteiger partial charge is 0.0813 e. The van der Waals surface area contributed by atoms with Crippen LogP contribution in [0.25, 0.3) is 0 Å². The Kier molecular flexibility index (Phi) is 5.35. The van der Waals surface area contributed by atoms with Gasteiger partial charge in [0.25, 0.3) is 0 Å². The Labute approximate surface area is 149 Å². The van der Waals surface area contributed by atoms with Gasteiger partial charge in [0.15, 0.2) is 0 Å². The van der Waals surface area contributed by atoms with Gasteiger partial charge < -0.3 is 9.47 Å². The monoisotopic (exact) mass is 339 g/mol. The molecular weight excluding hydrogens is 314 g/mol. The molecule has 25 heavy (non-hydrogen) atoms. The summed E-state index contributed by atoms with van der Waals surface area (Å²) in [4.78, 5) is 11.0. The zero-order valence-corrected chi connectivity index (χ0v) is 14.5. The fraction of sp³-hybridized carbons (Fsp3) is 0.500. The largest absolute Gasteiger partial charge is 0.374 e. The van der Waals surface area contributed by atoms with Crippen molar-refractivity contribution in [3.8, 4) is 0 Å². The quantitative estimate of drug-likeness (QED) is 0.810. The van der Waals surface area contributed by atoms with Crippen LogP contribution in [-0.4, -0.2) is 46.3 Å². The van der Waals surface area contributed by atoms with E-state index in [1.807, 2.05) is 24.4 Å². The number of rotatable bonds is 6. The van der Waals surface area contributed by atoms with Gasteiger partial charge >= 0.3 is 0 Å². The lowest BCUT2D eigenvalue weighted by atomic mass is 9.99. The Bertz CT molecular complexity index is 653. The second-order valence-electron chi connectivity index (χ2n) is 6.89. The number of likely N-dealkylation sites (tertiary alicyclic amines) is 1. The van der Waals surface area contributed by atoms with E-state index in [1.165, 1.54) is 6.42 Å². The highest BCUT2D eigenvalue weighted by molar-refractivity contribution is 5.08. The maximum Gasteiger partial charge on any atom is 0.0813 e. The molecule has 0 radical (unpaired) electrons. The van der Waals surface area contributed by atoms with Gasteiger partial charge in [0.05, 0.1) is 31.1 Å². The molecule has 2 aromatic heterocycles. The van der Waals surface area contributed by atoms with Crippen molar-refractivity contribution < 1.29 is 9.47 Å². The van der Waals surface area contributed by atoms with Crippen LogP contribution >= 0.6 is 0 Å². The van der Waals surface area contributed by atoms with E-state index in [0.717, 1.165) is 37.2 Å². The lowest BCUT2D eigenvalue weighted by Crippen LogP contribution is -2.43. The highest BCUT2D eigenvalue weighted by atomic mass is 16.5. The van der Waals surface area contributed by atoms with Crippen molar-refractivity contribution in [2.24, 2.45) is 0 Å². The zero-order chi connectivity index (χ0) is 16.9. The van der Waals surface area contributed by atoms with E-state index in [-0.39, 0.29) is 6.10 Å². The predicted molar refractivity (Wildman–Crippen MR) is 94.8 cm³/mol. The third-order valence-electron chi connectivity index (χ3n) is 5.16. The molecule has 132 valence electrons. The molecule has 0 amide bonds. The van der Waals surface area contributed by atoms with Gasteiger partial charge in [0.1, 0.15) is 0 Å². The van der Waals surface area contributed by atoms with Gasteiger partial charge in [-0.2, -0.15) is 0 Å². The molecule has 2 saturated heterocycles. The molecule has 2 aliphatic heterocycles. The number of nitrogens with zero attached hydrogens (tertiary/aromatic N) is 3. The van der Waals surface area contributed by atoms with Crippen LogP contribution in [0.1, 0.15) is 30.5 Å². The minimum absolute atomic E-state index is 0.220. The Morgan fingerprint density at radius 1 is 1.08 bits per heavy atom. The fourth-order valence-corrected chi connectivity index (χ4v) is 3.89. The maximum atomic E-state index is 6.32. The molecule has 5 heteroatoms. The van der Waals surface area contributed by atoms with E-state index in [4.69, 9.17) is 9.47 Å². The van der Waals surface area contributed by atoms with E-state index in [9.17, 15) is 0 Å². The standard InChI is InChI=1S/C20H25N3O2/c1-2-9-22-17(3-1)13-23-12-8-20-19(23)5-4-18(25-20)15-24-14-16-6-10-21-11-7-16/h1-3,6-7,9-11,18-20H,4-5,8,12-15H2/t18-,19+,20+/m0/s1. The topological polar surface area (TPSA) is 47.5 Å². The molecule has 2 aliphatic rings. The number of hydrogen-bond acceptors (Lipinski definition) is 5. The summed E-state index contributed by atoms with van der Waals surface area (Å²) in [6, 6.07) is 10.6. The molecule has 0 aliphatic carbocycles. The molecule has 0 N–H and O–H groups in total. The lowest BCUT2D eigenvalue weighted by molar-refractivity contribution is -0.102. The number of hydrogen-bond donors (Lipinski definition) is 0. The van der Waals surface area contributed by atoms with Gasteiger partial charge in [-0.05, 0) is 49.1 Å². The minimum atomic E-state index is 0.220. The number of aromatic nitrogens is 2. The van der Waals surface area contributed by atoms with Crippen molar-refractivity contribution >= 4 is 0 Å². The summed E-state index contributed by atoms with van der Waals surface area (Å²) in [5.41, 5.74) is 2.30. The third-order valence-corrected chi connectivity index (χ3v) is 5.16. The van der Waals surface area contributed by atoms with Crippen LogP contribution in [0.15, 0.2) is 48.9 Å². The summed E-state index contributed by atoms with van der Waals surface area (Å²) in [6.07, 6.45) is 9.39. The van der Waals surface area contributed by atoms with E-state index >= 15 is 0 Å². The summed E-state index contributed by atoms with van der Waals surface area (Å²) in [7, 11) is 0. The molecule has 5 nitrogen and oxygen atoms in total. The Morgan fingerprint density at radius 3 is 2.84 bits per heavy atom. The highest BCUT2D eigenvalue weighted by Gasteiger charge is 2.39. The van der Waals surface area contributed by atoms with E-state index in [0.29, 0.717) is 25.4 Å². The first-order valence-corrected chi connectivity index (χ1v) is 9.14. The predicted octanol–water partition coefficient (Wildman–Crippen LogP) is 2.82. The maximum absolute atomic E-state index is 6.32. The molecule has 0 bridgehead atoms. The molecule has 4 heterocycles. The minimum Gasteiger partial charge on any atom is -0.374 e. The number of pyridine rings is 2. The highest BCUT2D eigenvalue weighted by Crippen LogP contribution is 2.32. The second kappa shape index (κ2) is 8.04. The zero-order valence-electron chi connectivity index (χ0n) is 14.5. The van der Waals surface area contributed by atoms with Crippen molar-refractivity contribution in [2.75, 3.05) is 13.2 Å². The molecular formula is C20H25N3O2. The molecule has 2 aromatic rings. The average molecular weight is 339 g/mol. The summed E-state index contributed by atoms with van der Waals surface area (Å²) >= 11 is 0. The number of fused-ring (bicyclic) bond motifs is 1. The van der Waals surface area contributed by atoms with Gasteiger partial charge in [-0.25, -0.2) is 0 Å². The summed E-state index contributed by atoms with van der Waals surface area (Å²) in [6.45, 7) is 3.32. The molecule has 0 saturated carbocycles. The normalized spacial score (nSPS) is 26.5. The number of ether oxygens (including phenoxy) is 2. The van der Waals surface area contributed by atoms with Crippen LogP contribution in [0.3, 0.4) is 0 Å². The van der Waals surface area contributed by atoms with Gasteiger partial charge in [0.2, 0.25) is 0 Å². The van der Waals surface area contributed by atoms with Crippen LogP contribution in [-0.2, 0) is 22.6 Å². The summed E-state index contributed by atoms with van der Waals surface area (Å²) < 4.78 is 12.2. The molecule has 0 spiro atoms. The van der Waals surface area contributed by atoms with Crippen LogP contribution < -0.4 is 0 Å². The van der Waals surface area contributed by atoms with Gasteiger partial charge in [0, 0.05) is 37.7 Å². The van der Waals surface area contributed by atoms with Crippen LogP contribution in [0.2, 0.25) is 0 Å².